The van der Waals surface area contributed by atoms with Gasteiger partial charge in [0.25, 0.3) is 0 Å². The Morgan fingerprint density at radius 1 is 1.20 bits per heavy atom. The van der Waals surface area contributed by atoms with E-state index in [0.29, 0.717) is 0 Å². The van der Waals surface area contributed by atoms with Crippen molar-refractivity contribution in [1.29, 1.82) is 0 Å². The molecule has 2 nitrogen and oxygen atoms in total. The third-order valence-corrected chi connectivity index (χ3v) is 0. The Labute approximate surface area is 61.5 Å². The number of hydrogen-bond acceptors (Lipinski definition) is 2. The van der Waals surface area contributed by atoms with Gasteiger partial charge in [-0.05, 0) is 0 Å². The van der Waals surface area contributed by atoms with Crippen LogP contribution in [-0.2, 0) is 35.1 Å². The van der Waals surface area contributed by atoms with Gasteiger partial charge in [0.05, 0.1) is 0 Å². The standard InChI is InChI=1S/Al.O2Si.Zr.3H/c;1-3-2;;;;. The molecular formula is H3AlO2SiZr. The van der Waals surface area contributed by atoms with Crippen LogP contribution in [-0.4, -0.2) is 26.7 Å². The monoisotopic (exact) mass is 180 g/mol. The summed E-state index contributed by atoms with van der Waals surface area (Å²) in [7, 11) is -1.42. The van der Waals surface area contributed by atoms with Crippen molar-refractivity contribution in [3.63, 3.8) is 0 Å². The molecule has 0 unspecified atom stereocenters. The third-order valence-electron chi connectivity index (χ3n) is 0. The van der Waals surface area contributed by atoms with Crippen molar-refractivity contribution in [3.8, 4) is 0 Å². The Balaban J connectivity index is -0.0000000200. The van der Waals surface area contributed by atoms with E-state index in [-0.39, 0.29) is 43.6 Å². The van der Waals surface area contributed by atoms with E-state index in [0.717, 1.165) is 0 Å². The normalized spacial score (nSPS) is 1.60. The zero-order valence-electron chi connectivity index (χ0n) is 1.82. The van der Waals surface area contributed by atoms with Gasteiger partial charge in [-0.3, -0.25) is 8.92 Å². The molecule has 0 heterocycles. The van der Waals surface area contributed by atoms with Crippen molar-refractivity contribution in [2.45, 2.75) is 0 Å². The average molecular weight is 181 g/mol. The Bertz CT molecular complexity index is 30.6. The molecule has 0 aliphatic carbocycles. The van der Waals surface area contributed by atoms with Crippen LogP contribution in [0.25, 0.3) is 0 Å². The topological polar surface area (TPSA) is 34.1 Å². The summed E-state index contributed by atoms with van der Waals surface area (Å²) in [6.07, 6.45) is 0. The smallest absolute Gasteiger partial charge is 0.274 e. The molecule has 0 aliphatic rings. The minimum atomic E-state index is -1.42. The second kappa shape index (κ2) is 18.8. The summed E-state index contributed by atoms with van der Waals surface area (Å²) in [6.45, 7) is 0. The Hall–Kier alpha value is 1.23. The summed E-state index contributed by atoms with van der Waals surface area (Å²) < 4.78 is 16.8. The van der Waals surface area contributed by atoms with Crippen molar-refractivity contribution >= 4 is 26.7 Å². The first-order chi connectivity index (χ1) is 1.41. The first-order valence-corrected chi connectivity index (χ1v) is 1.22. The van der Waals surface area contributed by atoms with Crippen molar-refractivity contribution in [3.05, 3.63) is 0 Å². The molecule has 0 N–H and O–H groups in total. The predicted molar refractivity (Wildman–Crippen MR) is 17.1 cm³/mol. The molecule has 0 aromatic carbocycles. The van der Waals surface area contributed by atoms with Gasteiger partial charge in [0.2, 0.25) is 0 Å². The fourth-order valence-corrected chi connectivity index (χ4v) is 0. The van der Waals surface area contributed by atoms with E-state index in [9.17, 15) is 0 Å². The van der Waals surface area contributed by atoms with E-state index in [4.69, 9.17) is 8.92 Å². The van der Waals surface area contributed by atoms with Crippen LogP contribution >= 0.6 is 0 Å². The minimum Gasteiger partial charge on any atom is -0.274 e. The summed E-state index contributed by atoms with van der Waals surface area (Å²) >= 11 is 0. The van der Waals surface area contributed by atoms with Crippen LogP contribution in [0.4, 0.5) is 0 Å². The molecule has 5 heavy (non-hydrogen) atoms. The van der Waals surface area contributed by atoms with Gasteiger partial charge in [-0.25, -0.2) is 0 Å². The van der Waals surface area contributed by atoms with Crippen LogP contribution in [0.1, 0.15) is 0 Å². The van der Waals surface area contributed by atoms with Crippen LogP contribution in [0, 0.1) is 0 Å². The van der Waals surface area contributed by atoms with Crippen LogP contribution in [0.5, 0.6) is 0 Å². The van der Waals surface area contributed by atoms with Gasteiger partial charge < -0.3 is 0 Å². The van der Waals surface area contributed by atoms with Crippen molar-refractivity contribution < 1.29 is 35.1 Å². The minimum absolute atomic E-state index is 0. The van der Waals surface area contributed by atoms with E-state index in [2.05, 4.69) is 0 Å². The van der Waals surface area contributed by atoms with Gasteiger partial charge in [-0.15, -0.1) is 0 Å². The van der Waals surface area contributed by atoms with Gasteiger partial charge in [0.1, 0.15) is 0 Å². The second-order valence-corrected chi connectivity index (χ2v) is 0.250. The first-order valence-electron chi connectivity index (χ1n) is 0.408. The van der Waals surface area contributed by atoms with Gasteiger partial charge >= 0.3 is 9.29 Å². The van der Waals surface area contributed by atoms with Crippen molar-refractivity contribution in [1.82, 2.24) is 0 Å². The van der Waals surface area contributed by atoms with Crippen molar-refractivity contribution in [2.24, 2.45) is 0 Å². The maximum absolute atomic E-state index is 8.40. The maximum Gasteiger partial charge on any atom is 0.549 e. The molecule has 0 saturated heterocycles. The third kappa shape index (κ3) is 36.0. The zero-order chi connectivity index (χ0) is 2.71. The molecule has 0 radical (unpaired) electrons. The summed E-state index contributed by atoms with van der Waals surface area (Å²) in [5, 5.41) is 0. The number of hydrogen-bond donors (Lipinski definition) is 0. The molecule has 0 spiro atoms. The van der Waals surface area contributed by atoms with Gasteiger partial charge in [-0.1, -0.05) is 0 Å². The molecule has 0 amide bonds. The molecule has 0 aromatic heterocycles. The van der Waals surface area contributed by atoms with E-state index in [1.165, 1.54) is 0 Å². The SMILES string of the molecule is O=[Si]=O.[AlH3].[Zr]. The van der Waals surface area contributed by atoms with Crippen LogP contribution in [0.2, 0.25) is 0 Å². The summed E-state index contributed by atoms with van der Waals surface area (Å²) in [6, 6.07) is 0. The van der Waals surface area contributed by atoms with Crippen LogP contribution in [0.15, 0.2) is 0 Å². The van der Waals surface area contributed by atoms with E-state index < -0.39 is 9.29 Å². The molecule has 0 saturated carbocycles. The molecule has 0 aromatic rings. The summed E-state index contributed by atoms with van der Waals surface area (Å²) in [5.74, 6) is 0. The second-order valence-electron chi connectivity index (χ2n) is 0.0833. The van der Waals surface area contributed by atoms with Crippen LogP contribution in [0.3, 0.4) is 0 Å². The van der Waals surface area contributed by atoms with E-state index >= 15 is 0 Å². The molecule has 5 heteroatoms. The number of rotatable bonds is 0. The molecule has 0 bridgehead atoms. The van der Waals surface area contributed by atoms with E-state index in [1.807, 2.05) is 0 Å². The zero-order valence-corrected chi connectivity index (χ0v) is 5.27. The molecule has 0 aliphatic heterocycles. The fourth-order valence-electron chi connectivity index (χ4n) is 0. The Kier molecular flexibility index (Phi) is 61.4. The quantitative estimate of drug-likeness (QED) is 0.413. The molecule has 26 valence electrons. The molecule has 0 fully saturated rings. The largest absolute Gasteiger partial charge is 0.549 e. The maximum atomic E-state index is 8.40. The fraction of sp³-hybridized carbons (Fsp3) is 0. The molecule has 0 atom stereocenters. The molecular weight excluding hydrogens is 178 g/mol. The molecule has 0 rings (SSSR count). The first kappa shape index (κ1) is 16.3. The Morgan fingerprint density at radius 3 is 1.20 bits per heavy atom. The average Bonchev–Trinajstić information content (AvgIpc) is 0.918. The van der Waals surface area contributed by atoms with Gasteiger partial charge in [-0.2, -0.15) is 0 Å². The summed E-state index contributed by atoms with van der Waals surface area (Å²) in [4.78, 5) is 0. The summed E-state index contributed by atoms with van der Waals surface area (Å²) in [5.41, 5.74) is 0. The predicted octanol–water partition coefficient (Wildman–Crippen LogP) is -1.80. The van der Waals surface area contributed by atoms with Gasteiger partial charge in [0, 0.05) is 26.2 Å². The van der Waals surface area contributed by atoms with Gasteiger partial charge in [0.15, 0.2) is 17.4 Å². The van der Waals surface area contributed by atoms with E-state index in [1.54, 1.807) is 0 Å². The van der Waals surface area contributed by atoms with Crippen molar-refractivity contribution in [2.75, 3.05) is 0 Å². The Morgan fingerprint density at radius 2 is 1.20 bits per heavy atom. The van der Waals surface area contributed by atoms with Crippen LogP contribution < -0.4 is 0 Å².